The maximum atomic E-state index is 11.3. The summed E-state index contributed by atoms with van der Waals surface area (Å²) in [6.45, 7) is 2.36. The van der Waals surface area contributed by atoms with E-state index < -0.39 is 4.92 Å². The quantitative estimate of drug-likeness (QED) is 0.471. The molecule has 96 valence electrons. The van der Waals surface area contributed by atoms with E-state index in [1.165, 1.54) is 11.8 Å². The summed E-state index contributed by atoms with van der Waals surface area (Å²) in [5, 5.41) is 13.6. The molecule has 9 heteroatoms. The second-order valence-corrected chi connectivity index (χ2v) is 4.12. The molecule has 0 atom stereocenters. The van der Waals surface area contributed by atoms with Crippen molar-refractivity contribution >= 4 is 29.0 Å². The van der Waals surface area contributed by atoms with Gasteiger partial charge in [-0.3, -0.25) is 14.9 Å². The summed E-state index contributed by atoms with van der Waals surface area (Å²) in [4.78, 5) is 30.9. The zero-order valence-corrected chi connectivity index (χ0v) is 10.3. The van der Waals surface area contributed by atoms with Crippen molar-refractivity contribution in [3.63, 3.8) is 0 Å². The maximum Gasteiger partial charge on any atom is 0.332 e. The Morgan fingerprint density at radius 1 is 1.50 bits per heavy atom. The van der Waals surface area contributed by atoms with E-state index in [-0.39, 0.29) is 34.9 Å². The van der Waals surface area contributed by atoms with Crippen molar-refractivity contribution in [3.05, 3.63) is 21.1 Å². The van der Waals surface area contributed by atoms with Crippen LogP contribution in [0.25, 0.3) is 0 Å². The topological polar surface area (TPSA) is 101 Å². The van der Waals surface area contributed by atoms with Gasteiger partial charge < -0.3 is 10.2 Å². The minimum Gasteiger partial charge on any atom is -0.353 e. The Labute approximate surface area is 107 Å². The summed E-state index contributed by atoms with van der Waals surface area (Å²) in [5.41, 5.74) is -0.0323. The fraction of sp³-hybridized carbons (Fsp3) is 0.444. The maximum absolute atomic E-state index is 11.3. The highest BCUT2D eigenvalue weighted by Crippen LogP contribution is 2.29. The number of nitrogens with one attached hydrogen (secondary N) is 1. The Morgan fingerprint density at radius 3 is 2.83 bits per heavy atom. The van der Waals surface area contributed by atoms with Gasteiger partial charge in [0.05, 0.1) is 11.5 Å². The van der Waals surface area contributed by atoms with Crippen molar-refractivity contribution in [2.75, 3.05) is 24.5 Å². The number of rotatable bonds is 2. The Kier molecular flexibility index (Phi) is 3.28. The molecule has 2 heterocycles. The summed E-state index contributed by atoms with van der Waals surface area (Å²) in [5.74, 6) is -0.115. The highest BCUT2D eigenvalue weighted by atomic mass is 35.5. The number of aromatic nitrogens is 2. The predicted molar refractivity (Wildman–Crippen MR) is 63.7 cm³/mol. The number of hydrogen-bond donors (Lipinski definition) is 1. The van der Waals surface area contributed by atoms with E-state index in [4.69, 9.17) is 11.6 Å². The highest BCUT2D eigenvalue weighted by Gasteiger charge is 2.28. The van der Waals surface area contributed by atoms with Crippen LogP contribution in [0.5, 0.6) is 0 Å². The molecule has 0 unspecified atom stereocenters. The van der Waals surface area contributed by atoms with Gasteiger partial charge in [0, 0.05) is 13.1 Å². The molecule has 1 amide bonds. The lowest BCUT2D eigenvalue weighted by molar-refractivity contribution is -0.385. The van der Waals surface area contributed by atoms with Crippen molar-refractivity contribution in [1.29, 1.82) is 0 Å². The fourth-order valence-corrected chi connectivity index (χ4v) is 1.98. The number of piperazine rings is 1. The third-order valence-corrected chi connectivity index (χ3v) is 2.70. The zero-order valence-electron chi connectivity index (χ0n) is 9.51. The molecule has 1 aromatic rings. The second kappa shape index (κ2) is 4.73. The molecule has 2 rings (SSSR count). The number of anilines is 1. The average Bonchev–Trinajstić information content (AvgIpc) is 2.27. The second-order valence-electron chi connectivity index (χ2n) is 3.78. The number of amides is 1. The first-order chi connectivity index (χ1) is 8.49. The van der Waals surface area contributed by atoms with Crippen LogP contribution in [-0.4, -0.2) is 40.4 Å². The molecule has 0 bridgehead atoms. The van der Waals surface area contributed by atoms with Crippen molar-refractivity contribution in [1.82, 2.24) is 15.3 Å². The largest absolute Gasteiger partial charge is 0.353 e. The first kappa shape index (κ1) is 12.5. The average molecular weight is 272 g/mol. The fourth-order valence-electron chi connectivity index (χ4n) is 1.77. The molecular weight excluding hydrogens is 262 g/mol. The Hall–Kier alpha value is -1.96. The van der Waals surface area contributed by atoms with Crippen molar-refractivity contribution in [3.8, 4) is 0 Å². The minimum atomic E-state index is -0.562. The van der Waals surface area contributed by atoms with Gasteiger partial charge >= 0.3 is 5.69 Å². The molecule has 1 saturated heterocycles. The molecule has 1 aliphatic heterocycles. The van der Waals surface area contributed by atoms with Gasteiger partial charge in [0.1, 0.15) is 5.69 Å². The number of carbonyl (C=O) groups is 1. The molecule has 18 heavy (non-hydrogen) atoms. The van der Waals surface area contributed by atoms with E-state index in [9.17, 15) is 14.9 Å². The summed E-state index contributed by atoms with van der Waals surface area (Å²) >= 11 is 5.71. The van der Waals surface area contributed by atoms with Gasteiger partial charge in [0.25, 0.3) is 0 Å². The van der Waals surface area contributed by atoms with Crippen LogP contribution in [0, 0.1) is 17.0 Å². The number of halogens is 1. The van der Waals surface area contributed by atoms with Gasteiger partial charge in [0.2, 0.25) is 17.0 Å². The van der Waals surface area contributed by atoms with E-state index in [1.807, 2.05) is 0 Å². The van der Waals surface area contributed by atoms with Gasteiger partial charge in [-0.1, -0.05) is 0 Å². The van der Waals surface area contributed by atoms with Crippen LogP contribution >= 0.6 is 11.6 Å². The number of nitrogens with zero attached hydrogens (tertiary/aromatic N) is 4. The molecule has 0 aromatic carbocycles. The number of aryl methyl sites for hydroxylation is 1. The first-order valence-corrected chi connectivity index (χ1v) is 5.57. The van der Waals surface area contributed by atoms with E-state index >= 15 is 0 Å². The van der Waals surface area contributed by atoms with Crippen molar-refractivity contribution in [2.24, 2.45) is 0 Å². The number of carbonyl (C=O) groups excluding carboxylic acids is 1. The van der Waals surface area contributed by atoms with Gasteiger partial charge in [-0.15, -0.1) is 0 Å². The Balaban J connectivity index is 2.48. The van der Waals surface area contributed by atoms with Crippen molar-refractivity contribution in [2.45, 2.75) is 6.92 Å². The Bertz CT molecular complexity index is 521. The molecule has 1 fully saturated rings. The molecule has 0 radical (unpaired) electrons. The molecule has 1 aromatic heterocycles. The molecule has 0 aliphatic carbocycles. The van der Waals surface area contributed by atoms with Gasteiger partial charge in [-0.05, 0) is 18.5 Å². The lowest BCUT2D eigenvalue weighted by Gasteiger charge is -2.27. The third kappa shape index (κ3) is 2.33. The normalized spacial score (nSPS) is 15.4. The summed E-state index contributed by atoms with van der Waals surface area (Å²) < 4.78 is 0. The van der Waals surface area contributed by atoms with Crippen LogP contribution in [0.4, 0.5) is 11.5 Å². The number of nitro groups is 1. The van der Waals surface area contributed by atoms with E-state index in [0.717, 1.165) is 0 Å². The van der Waals surface area contributed by atoms with Crippen LogP contribution in [0.3, 0.4) is 0 Å². The summed E-state index contributed by atoms with van der Waals surface area (Å²) in [6, 6.07) is 0. The first-order valence-electron chi connectivity index (χ1n) is 5.19. The third-order valence-electron chi connectivity index (χ3n) is 2.53. The van der Waals surface area contributed by atoms with Gasteiger partial charge in [0.15, 0.2) is 0 Å². The number of hydrogen-bond acceptors (Lipinski definition) is 6. The lowest BCUT2D eigenvalue weighted by Crippen LogP contribution is -2.48. The van der Waals surface area contributed by atoms with E-state index in [0.29, 0.717) is 13.1 Å². The summed E-state index contributed by atoms with van der Waals surface area (Å²) in [6.07, 6.45) is 0. The van der Waals surface area contributed by atoms with Gasteiger partial charge in [-0.25, -0.2) is 4.98 Å². The van der Waals surface area contributed by atoms with Crippen molar-refractivity contribution < 1.29 is 9.72 Å². The molecule has 0 saturated carbocycles. The SMILES string of the molecule is Cc1nc(Cl)nc(N2CCNC(=O)C2)c1[N+](=O)[O-]. The van der Waals surface area contributed by atoms with Crippen LogP contribution in [0.15, 0.2) is 0 Å². The molecule has 1 aliphatic rings. The van der Waals surface area contributed by atoms with Crippen LogP contribution in [0.2, 0.25) is 5.28 Å². The van der Waals surface area contributed by atoms with Crippen LogP contribution in [0.1, 0.15) is 5.69 Å². The van der Waals surface area contributed by atoms with E-state index in [2.05, 4.69) is 15.3 Å². The zero-order chi connectivity index (χ0) is 13.3. The summed E-state index contributed by atoms with van der Waals surface area (Å²) in [7, 11) is 0. The highest BCUT2D eigenvalue weighted by molar-refractivity contribution is 6.28. The predicted octanol–water partition coefficient (Wildman–Crippen LogP) is 0.283. The van der Waals surface area contributed by atoms with Crippen LogP contribution < -0.4 is 10.2 Å². The lowest BCUT2D eigenvalue weighted by atomic mass is 10.3. The molecule has 0 spiro atoms. The van der Waals surface area contributed by atoms with Gasteiger partial charge in [-0.2, -0.15) is 4.98 Å². The molecule has 1 N–H and O–H groups in total. The minimum absolute atomic E-state index is 0.0215. The Morgan fingerprint density at radius 2 is 2.22 bits per heavy atom. The monoisotopic (exact) mass is 271 g/mol. The smallest absolute Gasteiger partial charge is 0.332 e. The molecular formula is C9H10ClN5O3. The standard InChI is InChI=1S/C9H10ClN5O3/c1-5-7(15(17)18)8(13-9(10)12-5)14-3-2-11-6(16)4-14/h2-4H2,1H3,(H,11,16). The molecule has 8 nitrogen and oxygen atoms in total. The van der Waals surface area contributed by atoms with Crippen LogP contribution in [-0.2, 0) is 4.79 Å². The van der Waals surface area contributed by atoms with E-state index in [1.54, 1.807) is 0 Å².